The van der Waals surface area contributed by atoms with E-state index < -0.39 is 0 Å². The molecule has 1 saturated carbocycles. The maximum atomic E-state index is 12.4. The Labute approximate surface area is 110 Å². The normalized spacial score (nSPS) is 31.8. The molecule has 1 aliphatic carbocycles. The van der Waals surface area contributed by atoms with Gasteiger partial charge in [-0.3, -0.25) is 4.79 Å². The number of likely N-dealkylation sites (tertiary alicyclic amines) is 1. The average molecular weight is 250 g/mol. The Morgan fingerprint density at radius 3 is 2.39 bits per heavy atom. The maximum absolute atomic E-state index is 12.4. The smallest absolute Gasteiger partial charge is 0.226 e. The Bertz CT molecular complexity index is 294. The standard InChI is InChI=1S/C15H26N2O/c18-14(13-4-3-9-16-12-13)17-10-7-15(8-11-17)5-1-2-6-15/h13,16H,1-12H2/t13-/m0/s1. The molecule has 0 radical (unpaired) electrons. The molecule has 0 aromatic carbocycles. The van der Waals surface area contributed by atoms with Gasteiger partial charge >= 0.3 is 0 Å². The van der Waals surface area contributed by atoms with Gasteiger partial charge in [0.25, 0.3) is 0 Å². The molecule has 0 bridgehead atoms. The van der Waals surface area contributed by atoms with Crippen molar-refractivity contribution in [3.05, 3.63) is 0 Å². The Balaban J connectivity index is 1.53. The van der Waals surface area contributed by atoms with Crippen molar-refractivity contribution in [2.75, 3.05) is 26.2 Å². The predicted molar refractivity (Wildman–Crippen MR) is 72.3 cm³/mol. The summed E-state index contributed by atoms with van der Waals surface area (Å²) in [6.07, 6.45) is 10.4. The first kappa shape index (κ1) is 12.5. The summed E-state index contributed by atoms with van der Waals surface area (Å²) in [6.45, 7) is 4.04. The lowest BCUT2D eigenvalue weighted by Crippen LogP contribution is -2.47. The van der Waals surface area contributed by atoms with E-state index in [0.29, 0.717) is 11.3 Å². The van der Waals surface area contributed by atoms with Crippen LogP contribution in [0.5, 0.6) is 0 Å². The molecule has 0 aromatic heterocycles. The second-order valence-corrected chi connectivity index (χ2v) is 6.58. The zero-order valence-electron chi connectivity index (χ0n) is 11.4. The highest BCUT2D eigenvalue weighted by Crippen LogP contribution is 2.46. The molecule has 0 unspecified atom stereocenters. The van der Waals surface area contributed by atoms with Gasteiger partial charge in [0.2, 0.25) is 5.91 Å². The number of piperidine rings is 2. The third kappa shape index (κ3) is 2.42. The topological polar surface area (TPSA) is 32.3 Å². The van der Waals surface area contributed by atoms with E-state index in [2.05, 4.69) is 10.2 Å². The summed E-state index contributed by atoms with van der Waals surface area (Å²) in [5.41, 5.74) is 0.627. The minimum Gasteiger partial charge on any atom is -0.342 e. The van der Waals surface area contributed by atoms with E-state index in [0.717, 1.165) is 39.0 Å². The molecule has 3 heteroatoms. The second kappa shape index (κ2) is 5.20. The third-order valence-electron chi connectivity index (χ3n) is 5.45. The third-order valence-corrected chi connectivity index (χ3v) is 5.45. The number of rotatable bonds is 1. The number of nitrogens with zero attached hydrogens (tertiary/aromatic N) is 1. The summed E-state index contributed by atoms with van der Waals surface area (Å²) in [7, 11) is 0. The number of nitrogens with one attached hydrogen (secondary N) is 1. The van der Waals surface area contributed by atoms with Gasteiger partial charge in [0.15, 0.2) is 0 Å². The minimum absolute atomic E-state index is 0.261. The molecule has 2 heterocycles. The monoisotopic (exact) mass is 250 g/mol. The van der Waals surface area contributed by atoms with Crippen LogP contribution in [-0.2, 0) is 4.79 Å². The molecule has 18 heavy (non-hydrogen) atoms. The zero-order chi connectivity index (χ0) is 12.4. The van der Waals surface area contributed by atoms with Gasteiger partial charge in [-0.05, 0) is 50.5 Å². The van der Waals surface area contributed by atoms with Crippen LogP contribution in [0.15, 0.2) is 0 Å². The SMILES string of the molecule is O=C([C@H]1CCCNC1)N1CCC2(CCCC2)CC1. The lowest BCUT2D eigenvalue weighted by Gasteiger charge is -2.41. The zero-order valence-corrected chi connectivity index (χ0v) is 11.4. The molecule has 3 nitrogen and oxygen atoms in total. The largest absolute Gasteiger partial charge is 0.342 e. The highest BCUT2D eigenvalue weighted by atomic mass is 16.2. The average Bonchev–Trinajstić information content (AvgIpc) is 2.88. The van der Waals surface area contributed by atoms with Crippen LogP contribution in [0.25, 0.3) is 0 Å². The van der Waals surface area contributed by atoms with E-state index in [4.69, 9.17) is 0 Å². The number of hydrogen-bond acceptors (Lipinski definition) is 2. The molecule has 2 saturated heterocycles. The van der Waals surface area contributed by atoms with E-state index in [1.807, 2.05) is 0 Å². The van der Waals surface area contributed by atoms with E-state index in [1.54, 1.807) is 0 Å². The predicted octanol–water partition coefficient (Wildman–Crippen LogP) is 2.17. The van der Waals surface area contributed by atoms with E-state index in [-0.39, 0.29) is 5.92 Å². The van der Waals surface area contributed by atoms with Gasteiger partial charge in [0.05, 0.1) is 5.92 Å². The van der Waals surface area contributed by atoms with Crippen molar-refractivity contribution in [1.82, 2.24) is 10.2 Å². The molecule has 3 aliphatic rings. The molecule has 1 amide bonds. The highest BCUT2D eigenvalue weighted by Gasteiger charge is 2.39. The number of carbonyl (C=O) groups is 1. The van der Waals surface area contributed by atoms with Gasteiger partial charge in [-0.15, -0.1) is 0 Å². The van der Waals surface area contributed by atoms with Gasteiger partial charge < -0.3 is 10.2 Å². The van der Waals surface area contributed by atoms with Crippen LogP contribution < -0.4 is 5.32 Å². The van der Waals surface area contributed by atoms with Crippen molar-refractivity contribution in [3.63, 3.8) is 0 Å². The Morgan fingerprint density at radius 1 is 1.06 bits per heavy atom. The first-order chi connectivity index (χ1) is 8.79. The van der Waals surface area contributed by atoms with E-state index >= 15 is 0 Å². The summed E-state index contributed by atoms with van der Waals surface area (Å²) in [5.74, 6) is 0.687. The molecule has 0 aromatic rings. The highest BCUT2D eigenvalue weighted by molar-refractivity contribution is 5.79. The van der Waals surface area contributed by atoms with Crippen molar-refractivity contribution < 1.29 is 4.79 Å². The summed E-state index contributed by atoms with van der Waals surface area (Å²) in [4.78, 5) is 14.6. The van der Waals surface area contributed by atoms with Gasteiger partial charge in [0, 0.05) is 19.6 Å². The van der Waals surface area contributed by atoms with E-state index in [1.165, 1.54) is 38.5 Å². The van der Waals surface area contributed by atoms with Crippen LogP contribution in [0.4, 0.5) is 0 Å². The Hall–Kier alpha value is -0.570. The van der Waals surface area contributed by atoms with Gasteiger partial charge in [0.1, 0.15) is 0 Å². The van der Waals surface area contributed by atoms with Crippen LogP contribution in [0.1, 0.15) is 51.4 Å². The number of hydrogen-bond donors (Lipinski definition) is 1. The summed E-state index contributed by atoms with van der Waals surface area (Å²) in [5, 5.41) is 3.36. The lowest BCUT2D eigenvalue weighted by molar-refractivity contribution is -0.138. The van der Waals surface area contributed by atoms with Crippen molar-refractivity contribution in [3.8, 4) is 0 Å². The van der Waals surface area contributed by atoms with Crippen molar-refractivity contribution >= 4 is 5.91 Å². The fraction of sp³-hybridized carbons (Fsp3) is 0.933. The van der Waals surface area contributed by atoms with Gasteiger partial charge in [-0.2, -0.15) is 0 Å². The van der Waals surface area contributed by atoms with Crippen molar-refractivity contribution in [2.45, 2.75) is 51.4 Å². The fourth-order valence-corrected chi connectivity index (χ4v) is 4.15. The molecular weight excluding hydrogens is 224 g/mol. The van der Waals surface area contributed by atoms with Crippen LogP contribution in [-0.4, -0.2) is 37.0 Å². The number of carbonyl (C=O) groups excluding carboxylic acids is 1. The Kier molecular flexibility index (Phi) is 3.60. The van der Waals surface area contributed by atoms with Crippen molar-refractivity contribution in [2.24, 2.45) is 11.3 Å². The minimum atomic E-state index is 0.261. The molecule has 102 valence electrons. The summed E-state index contributed by atoms with van der Waals surface area (Å²) >= 11 is 0. The quantitative estimate of drug-likeness (QED) is 0.773. The van der Waals surface area contributed by atoms with Crippen LogP contribution in [0, 0.1) is 11.3 Å². The molecule has 1 N–H and O–H groups in total. The number of amides is 1. The molecule has 1 spiro atoms. The first-order valence-corrected chi connectivity index (χ1v) is 7.79. The fourth-order valence-electron chi connectivity index (χ4n) is 4.15. The molecule has 3 fully saturated rings. The van der Waals surface area contributed by atoms with Gasteiger partial charge in [-0.25, -0.2) is 0 Å². The first-order valence-electron chi connectivity index (χ1n) is 7.79. The molecule has 1 atom stereocenters. The van der Waals surface area contributed by atoms with E-state index in [9.17, 15) is 4.79 Å². The molecule has 3 rings (SSSR count). The van der Waals surface area contributed by atoms with Crippen LogP contribution in [0.2, 0.25) is 0 Å². The maximum Gasteiger partial charge on any atom is 0.226 e. The van der Waals surface area contributed by atoms with Gasteiger partial charge in [-0.1, -0.05) is 12.8 Å². The lowest BCUT2D eigenvalue weighted by atomic mass is 9.77. The van der Waals surface area contributed by atoms with Crippen LogP contribution in [0.3, 0.4) is 0 Å². The summed E-state index contributed by atoms with van der Waals surface area (Å²) < 4.78 is 0. The summed E-state index contributed by atoms with van der Waals surface area (Å²) in [6, 6.07) is 0. The second-order valence-electron chi connectivity index (χ2n) is 6.58. The van der Waals surface area contributed by atoms with Crippen LogP contribution >= 0.6 is 0 Å². The van der Waals surface area contributed by atoms with Crippen molar-refractivity contribution in [1.29, 1.82) is 0 Å². The molecular formula is C15H26N2O. The molecule has 2 aliphatic heterocycles. The Morgan fingerprint density at radius 2 is 1.78 bits per heavy atom.